The maximum atomic E-state index is 12.3. The van der Waals surface area contributed by atoms with E-state index in [0.717, 1.165) is 38.5 Å². The Morgan fingerprint density at radius 2 is 2.00 bits per heavy atom. The van der Waals surface area contributed by atoms with Crippen molar-refractivity contribution in [1.82, 2.24) is 0 Å². The van der Waals surface area contributed by atoms with E-state index in [4.69, 9.17) is 14.2 Å². The number of methoxy groups -OCH3 is 1. The molecule has 0 N–H and O–H groups in total. The SMILES string of the molecule is COCC(=O)OC[C@@H]1CC2=CC(=O)CC[C@]2(C)C2=CC[C@@]3(C)C(CC[C@@]34CCC(=O)O4)C21. The van der Waals surface area contributed by atoms with E-state index >= 15 is 0 Å². The van der Waals surface area contributed by atoms with Crippen LogP contribution < -0.4 is 0 Å². The van der Waals surface area contributed by atoms with Crippen LogP contribution in [0.4, 0.5) is 0 Å². The lowest BCUT2D eigenvalue weighted by molar-refractivity contribution is -0.162. The average Bonchev–Trinajstić information content (AvgIpc) is 3.27. The molecule has 0 aromatic carbocycles. The Hall–Kier alpha value is -1.95. The smallest absolute Gasteiger partial charge is 0.332 e. The average molecular weight is 443 g/mol. The molecule has 1 heterocycles. The quantitative estimate of drug-likeness (QED) is 0.485. The van der Waals surface area contributed by atoms with Crippen molar-refractivity contribution in [3.8, 4) is 0 Å². The number of allylic oxidation sites excluding steroid dienone is 4. The van der Waals surface area contributed by atoms with Crippen molar-refractivity contribution in [3.63, 3.8) is 0 Å². The first-order chi connectivity index (χ1) is 15.2. The number of ether oxygens (including phenoxy) is 3. The van der Waals surface area contributed by atoms with E-state index in [1.807, 2.05) is 6.08 Å². The minimum Gasteiger partial charge on any atom is -0.464 e. The lowest BCUT2D eigenvalue weighted by Gasteiger charge is -2.57. The summed E-state index contributed by atoms with van der Waals surface area (Å²) in [4.78, 5) is 36.5. The van der Waals surface area contributed by atoms with Gasteiger partial charge in [0.25, 0.3) is 0 Å². The van der Waals surface area contributed by atoms with Gasteiger partial charge in [-0.2, -0.15) is 0 Å². The molecule has 1 aliphatic heterocycles. The van der Waals surface area contributed by atoms with Gasteiger partial charge in [0.2, 0.25) is 0 Å². The Bertz CT molecular complexity index is 917. The van der Waals surface area contributed by atoms with E-state index in [0.29, 0.717) is 25.4 Å². The summed E-state index contributed by atoms with van der Waals surface area (Å²) >= 11 is 0. The second-order valence-electron chi connectivity index (χ2n) is 11.0. The van der Waals surface area contributed by atoms with Crippen molar-refractivity contribution >= 4 is 17.7 Å². The molecule has 1 saturated heterocycles. The van der Waals surface area contributed by atoms with E-state index in [1.54, 1.807) is 0 Å². The standard InChI is InChI=1S/C26H34O6/c1-24-8-4-18(27)13-17(24)12-16(14-31-22(29)15-30-3)23-19(24)5-9-25(2)20(23)6-10-26(25)11-7-21(28)32-26/h5,13,16,20,23H,4,6-12,14-15H2,1-3H3/t16-,20?,23?,24-,25-,26+/m0/s1. The zero-order valence-electron chi connectivity index (χ0n) is 19.4. The minimum atomic E-state index is -0.367. The van der Waals surface area contributed by atoms with Gasteiger partial charge >= 0.3 is 11.9 Å². The van der Waals surface area contributed by atoms with Gasteiger partial charge in [-0.25, -0.2) is 4.79 Å². The summed E-state index contributed by atoms with van der Waals surface area (Å²) in [5.74, 6) is 0.521. The highest BCUT2D eigenvalue weighted by atomic mass is 16.6. The van der Waals surface area contributed by atoms with Crippen LogP contribution in [-0.2, 0) is 28.6 Å². The van der Waals surface area contributed by atoms with Crippen LogP contribution in [0.15, 0.2) is 23.3 Å². The van der Waals surface area contributed by atoms with Crippen LogP contribution in [0.1, 0.15) is 65.2 Å². The molecule has 5 rings (SSSR count). The maximum absolute atomic E-state index is 12.3. The Kier molecular flexibility index (Phi) is 5.16. The summed E-state index contributed by atoms with van der Waals surface area (Å²) in [6.07, 6.45) is 10.6. The van der Waals surface area contributed by atoms with Gasteiger partial charge in [0.1, 0.15) is 12.2 Å². The Labute approximate surface area is 189 Å². The molecule has 4 aliphatic carbocycles. The summed E-state index contributed by atoms with van der Waals surface area (Å²) in [5.41, 5.74) is 2.03. The first-order valence-corrected chi connectivity index (χ1v) is 12.0. The number of carbonyl (C=O) groups is 3. The fraction of sp³-hybridized carbons (Fsp3) is 0.731. The summed E-state index contributed by atoms with van der Waals surface area (Å²) in [7, 11) is 1.49. The van der Waals surface area contributed by atoms with Gasteiger partial charge in [-0.3, -0.25) is 9.59 Å². The largest absolute Gasteiger partial charge is 0.464 e. The molecular weight excluding hydrogens is 408 g/mol. The summed E-state index contributed by atoms with van der Waals surface area (Å²) in [6, 6.07) is 0. The molecule has 0 bridgehead atoms. The van der Waals surface area contributed by atoms with Crippen LogP contribution in [0.5, 0.6) is 0 Å². The second-order valence-corrected chi connectivity index (χ2v) is 11.0. The number of ketones is 1. The fourth-order valence-corrected chi connectivity index (χ4v) is 7.80. The molecule has 1 spiro atoms. The maximum Gasteiger partial charge on any atom is 0.332 e. The van der Waals surface area contributed by atoms with E-state index in [9.17, 15) is 14.4 Å². The first kappa shape index (κ1) is 21.9. The molecule has 0 amide bonds. The summed E-state index contributed by atoms with van der Waals surface area (Å²) < 4.78 is 16.6. The second kappa shape index (κ2) is 7.54. The number of esters is 2. The van der Waals surface area contributed by atoms with Crippen LogP contribution in [0, 0.1) is 28.6 Å². The van der Waals surface area contributed by atoms with Crippen LogP contribution >= 0.6 is 0 Å². The molecule has 2 unspecified atom stereocenters. The van der Waals surface area contributed by atoms with Crippen LogP contribution in [0.2, 0.25) is 0 Å². The highest BCUT2D eigenvalue weighted by molar-refractivity contribution is 5.92. The number of fused-ring (bicyclic) bond motifs is 6. The van der Waals surface area contributed by atoms with E-state index in [2.05, 4.69) is 19.9 Å². The molecular formula is C26H34O6. The van der Waals surface area contributed by atoms with Crippen LogP contribution in [0.3, 0.4) is 0 Å². The van der Waals surface area contributed by atoms with Gasteiger partial charge in [-0.1, -0.05) is 31.1 Å². The molecule has 2 saturated carbocycles. The third-order valence-corrected chi connectivity index (χ3v) is 9.56. The number of hydrogen-bond acceptors (Lipinski definition) is 6. The van der Waals surface area contributed by atoms with Crippen molar-refractivity contribution in [1.29, 1.82) is 0 Å². The molecule has 0 aromatic rings. The molecule has 6 nitrogen and oxygen atoms in total. The zero-order chi connectivity index (χ0) is 22.7. The Morgan fingerprint density at radius 3 is 2.72 bits per heavy atom. The molecule has 0 aromatic heterocycles. The molecule has 32 heavy (non-hydrogen) atoms. The lowest BCUT2D eigenvalue weighted by atomic mass is 9.48. The van der Waals surface area contributed by atoms with E-state index < -0.39 is 0 Å². The van der Waals surface area contributed by atoms with Crippen molar-refractivity contribution in [2.24, 2.45) is 28.6 Å². The van der Waals surface area contributed by atoms with Crippen molar-refractivity contribution < 1.29 is 28.6 Å². The molecule has 5 aliphatic rings. The van der Waals surface area contributed by atoms with Crippen LogP contribution in [-0.4, -0.2) is 43.6 Å². The van der Waals surface area contributed by atoms with Crippen molar-refractivity contribution in [3.05, 3.63) is 23.3 Å². The van der Waals surface area contributed by atoms with E-state index in [1.165, 1.54) is 18.3 Å². The highest BCUT2D eigenvalue weighted by Crippen LogP contribution is 2.68. The van der Waals surface area contributed by atoms with Crippen molar-refractivity contribution in [2.45, 2.75) is 70.8 Å². The predicted molar refractivity (Wildman–Crippen MR) is 116 cm³/mol. The van der Waals surface area contributed by atoms with Crippen molar-refractivity contribution in [2.75, 3.05) is 20.3 Å². The molecule has 3 fully saturated rings. The Balaban J connectivity index is 1.53. The third kappa shape index (κ3) is 3.05. The minimum absolute atomic E-state index is 0.0564. The summed E-state index contributed by atoms with van der Waals surface area (Å²) in [6.45, 7) is 4.87. The van der Waals surface area contributed by atoms with Crippen LogP contribution in [0.25, 0.3) is 0 Å². The van der Waals surface area contributed by atoms with Gasteiger partial charge in [0.15, 0.2) is 5.78 Å². The van der Waals surface area contributed by atoms with E-state index in [-0.39, 0.29) is 52.6 Å². The van der Waals surface area contributed by atoms with Gasteiger partial charge in [0, 0.05) is 36.7 Å². The van der Waals surface area contributed by atoms with Gasteiger partial charge < -0.3 is 14.2 Å². The molecule has 174 valence electrons. The van der Waals surface area contributed by atoms with Gasteiger partial charge in [-0.15, -0.1) is 0 Å². The first-order valence-electron chi connectivity index (χ1n) is 12.0. The zero-order valence-corrected chi connectivity index (χ0v) is 19.4. The number of carbonyl (C=O) groups excluding carboxylic acids is 3. The van der Waals surface area contributed by atoms with Gasteiger partial charge in [0.05, 0.1) is 6.61 Å². The fourth-order valence-electron chi connectivity index (χ4n) is 7.80. The summed E-state index contributed by atoms with van der Waals surface area (Å²) in [5, 5.41) is 0. The topological polar surface area (TPSA) is 78.9 Å². The normalized spacial score (nSPS) is 42.5. The highest BCUT2D eigenvalue weighted by Gasteiger charge is 2.66. The lowest BCUT2D eigenvalue weighted by Crippen LogP contribution is -2.53. The molecule has 6 atom stereocenters. The third-order valence-electron chi connectivity index (χ3n) is 9.56. The van der Waals surface area contributed by atoms with Gasteiger partial charge in [-0.05, 0) is 56.4 Å². The molecule has 6 heteroatoms. The predicted octanol–water partition coefficient (Wildman–Crippen LogP) is 3.93. The monoisotopic (exact) mass is 442 g/mol. The Morgan fingerprint density at radius 1 is 1.19 bits per heavy atom. The number of rotatable bonds is 4. The number of hydrogen-bond donors (Lipinski definition) is 0. The molecule has 0 radical (unpaired) electrons.